The van der Waals surface area contributed by atoms with Crippen molar-refractivity contribution in [3.05, 3.63) is 29.8 Å². The third-order valence-corrected chi connectivity index (χ3v) is 4.13. The standard InChI is InChI=1S/C16H26O5S/c1-14(2)13-20-12-11-19-9-4-10-21-22(17,18)16-7-5-15(3)6-8-16/h5-8,14H,4,9-13H2,1-3H3. The fourth-order valence-electron chi connectivity index (χ4n) is 1.64. The molecule has 0 N–H and O–H groups in total. The molecule has 0 spiro atoms. The molecule has 22 heavy (non-hydrogen) atoms. The van der Waals surface area contributed by atoms with Gasteiger partial charge in [-0.1, -0.05) is 31.5 Å². The molecule has 0 aliphatic rings. The fraction of sp³-hybridized carbons (Fsp3) is 0.625. The molecule has 0 heterocycles. The molecule has 0 aliphatic carbocycles. The zero-order valence-corrected chi connectivity index (χ0v) is 14.4. The average molecular weight is 330 g/mol. The molecule has 6 heteroatoms. The molecule has 0 unspecified atom stereocenters. The van der Waals surface area contributed by atoms with E-state index in [1.807, 2.05) is 6.92 Å². The maximum Gasteiger partial charge on any atom is 0.296 e. The first kappa shape index (κ1) is 19.1. The van der Waals surface area contributed by atoms with Gasteiger partial charge in [-0.15, -0.1) is 0 Å². The van der Waals surface area contributed by atoms with Crippen molar-refractivity contribution in [1.82, 2.24) is 0 Å². The van der Waals surface area contributed by atoms with Crippen LogP contribution in [-0.4, -0.2) is 41.5 Å². The second-order valence-corrected chi connectivity index (χ2v) is 7.14. The first-order valence-electron chi connectivity index (χ1n) is 7.53. The Labute approximate surface area is 133 Å². The summed E-state index contributed by atoms with van der Waals surface area (Å²) in [6.07, 6.45) is 0.523. The highest BCUT2D eigenvalue weighted by atomic mass is 32.2. The van der Waals surface area contributed by atoms with E-state index in [2.05, 4.69) is 13.8 Å². The van der Waals surface area contributed by atoms with Crippen LogP contribution in [0.2, 0.25) is 0 Å². The highest BCUT2D eigenvalue weighted by Crippen LogP contribution is 2.13. The minimum atomic E-state index is -3.67. The Hall–Kier alpha value is -0.950. The van der Waals surface area contributed by atoms with Crippen LogP contribution >= 0.6 is 0 Å². The predicted octanol–water partition coefficient (Wildman–Crippen LogP) is 2.78. The van der Waals surface area contributed by atoms with Crippen LogP contribution in [0.15, 0.2) is 29.2 Å². The zero-order valence-electron chi connectivity index (χ0n) is 13.6. The van der Waals surface area contributed by atoms with Gasteiger partial charge >= 0.3 is 0 Å². The monoisotopic (exact) mass is 330 g/mol. The van der Waals surface area contributed by atoms with Gasteiger partial charge in [0.1, 0.15) is 0 Å². The molecule has 1 aromatic carbocycles. The fourth-order valence-corrected chi connectivity index (χ4v) is 2.58. The first-order valence-corrected chi connectivity index (χ1v) is 8.94. The summed E-state index contributed by atoms with van der Waals surface area (Å²) in [7, 11) is -3.67. The molecule has 1 rings (SSSR count). The second kappa shape index (κ2) is 9.94. The van der Waals surface area contributed by atoms with Gasteiger partial charge in [0.05, 0.1) is 24.7 Å². The molecule has 0 fully saturated rings. The van der Waals surface area contributed by atoms with Gasteiger partial charge in [0.15, 0.2) is 0 Å². The number of rotatable bonds is 11. The summed E-state index contributed by atoms with van der Waals surface area (Å²) in [5.41, 5.74) is 1.01. The molecule has 0 bridgehead atoms. The van der Waals surface area contributed by atoms with E-state index >= 15 is 0 Å². The lowest BCUT2D eigenvalue weighted by Crippen LogP contribution is -2.11. The van der Waals surface area contributed by atoms with E-state index in [0.717, 1.165) is 12.2 Å². The quantitative estimate of drug-likeness (QED) is 0.461. The van der Waals surface area contributed by atoms with Crippen molar-refractivity contribution in [1.29, 1.82) is 0 Å². The number of hydrogen-bond acceptors (Lipinski definition) is 5. The van der Waals surface area contributed by atoms with Crippen LogP contribution in [0.5, 0.6) is 0 Å². The smallest absolute Gasteiger partial charge is 0.296 e. The summed E-state index contributed by atoms with van der Waals surface area (Å²) >= 11 is 0. The minimum Gasteiger partial charge on any atom is -0.379 e. The normalized spacial score (nSPS) is 12.0. The Kier molecular flexibility index (Phi) is 8.63. The number of hydrogen-bond donors (Lipinski definition) is 0. The van der Waals surface area contributed by atoms with Crippen LogP contribution in [0.4, 0.5) is 0 Å². The maximum atomic E-state index is 11.9. The van der Waals surface area contributed by atoms with Crippen molar-refractivity contribution in [3.63, 3.8) is 0 Å². The van der Waals surface area contributed by atoms with Gasteiger partial charge in [-0.25, -0.2) is 0 Å². The summed E-state index contributed by atoms with van der Waals surface area (Å²) in [6.45, 7) is 8.44. The van der Waals surface area contributed by atoms with Gasteiger partial charge in [-0.05, 0) is 31.4 Å². The molecular weight excluding hydrogens is 304 g/mol. The van der Waals surface area contributed by atoms with Gasteiger partial charge in [-0.3, -0.25) is 4.18 Å². The molecule has 0 amide bonds. The van der Waals surface area contributed by atoms with Crippen LogP contribution in [0.25, 0.3) is 0 Å². The summed E-state index contributed by atoms with van der Waals surface area (Å²) in [4.78, 5) is 0.182. The first-order chi connectivity index (χ1) is 10.4. The number of aryl methyl sites for hydroxylation is 1. The molecule has 0 saturated heterocycles. The van der Waals surface area contributed by atoms with Crippen LogP contribution in [0, 0.1) is 12.8 Å². The lowest BCUT2D eigenvalue weighted by molar-refractivity contribution is 0.0345. The molecule has 1 aromatic rings. The SMILES string of the molecule is Cc1ccc(S(=O)(=O)OCCCOCCOCC(C)C)cc1. The Balaban J connectivity index is 2.12. The second-order valence-electron chi connectivity index (χ2n) is 5.52. The van der Waals surface area contributed by atoms with E-state index in [9.17, 15) is 8.42 Å². The molecule has 0 atom stereocenters. The van der Waals surface area contributed by atoms with Crippen molar-refractivity contribution < 1.29 is 22.1 Å². The lowest BCUT2D eigenvalue weighted by atomic mass is 10.2. The van der Waals surface area contributed by atoms with E-state index in [4.69, 9.17) is 13.7 Å². The molecule has 0 saturated carbocycles. The van der Waals surface area contributed by atoms with Crippen molar-refractivity contribution in [2.45, 2.75) is 32.1 Å². The molecule has 0 radical (unpaired) electrons. The summed E-state index contributed by atoms with van der Waals surface area (Å²) in [5, 5.41) is 0. The molecule has 5 nitrogen and oxygen atoms in total. The van der Waals surface area contributed by atoms with Crippen LogP contribution in [0.3, 0.4) is 0 Å². The summed E-state index contributed by atoms with van der Waals surface area (Å²) in [6, 6.07) is 6.59. The average Bonchev–Trinajstić information content (AvgIpc) is 2.45. The lowest BCUT2D eigenvalue weighted by Gasteiger charge is -2.08. The van der Waals surface area contributed by atoms with Gasteiger partial charge < -0.3 is 9.47 Å². The van der Waals surface area contributed by atoms with Gasteiger partial charge in [0.25, 0.3) is 10.1 Å². The Morgan fingerprint density at radius 3 is 2.23 bits per heavy atom. The van der Waals surface area contributed by atoms with Crippen molar-refractivity contribution in [2.75, 3.05) is 33.0 Å². The highest BCUT2D eigenvalue weighted by Gasteiger charge is 2.14. The van der Waals surface area contributed by atoms with Gasteiger partial charge in [-0.2, -0.15) is 8.42 Å². The van der Waals surface area contributed by atoms with E-state index < -0.39 is 10.1 Å². The van der Waals surface area contributed by atoms with Crippen molar-refractivity contribution in [2.24, 2.45) is 5.92 Å². The highest BCUT2D eigenvalue weighted by molar-refractivity contribution is 7.86. The van der Waals surface area contributed by atoms with Crippen LogP contribution in [0.1, 0.15) is 25.8 Å². The molecular formula is C16H26O5S. The Morgan fingerprint density at radius 1 is 0.955 bits per heavy atom. The predicted molar refractivity (Wildman–Crippen MR) is 85.4 cm³/mol. The summed E-state index contributed by atoms with van der Waals surface area (Å²) in [5.74, 6) is 0.514. The van der Waals surface area contributed by atoms with Crippen molar-refractivity contribution >= 4 is 10.1 Å². The number of ether oxygens (including phenoxy) is 2. The van der Waals surface area contributed by atoms with E-state index in [1.54, 1.807) is 24.3 Å². The Bertz CT molecular complexity index is 508. The zero-order chi connectivity index (χ0) is 16.4. The Morgan fingerprint density at radius 2 is 1.59 bits per heavy atom. The third kappa shape index (κ3) is 7.89. The largest absolute Gasteiger partial charge is 0.379 e. The minimum absolute atomic E-state index is 0.114. The molecule has 0 aromatic heterocycles. The topological polar surface area (TPSA) is 61.8 Å². The molecule has 0 aliphatic heterocycles. The number of benzene rings is 1. The van der Waals surface area contributed by atoms with E-state index in [-0.39, 0.29) is 11.5 Å². The summed E-state index contributed by atoms with van der Waals surface area (Å²) < 4.78 is 39.5. The van der Waals surface area contributed by atoms with E-state index in [0.29, 0.717) is 32.2 Å². The van der Waals surface area contributed by atoms with Gasteiger partial charge in [0, 0.05) is 13.2 Å². The van der Waals surface area contributed by atoms with E-state index in [1.165, 1.54) is 0 Å². The van der Waals surface area contributed by atoms with Crippen LogP contribution < -0.4 is 0 Å². The van der Waals surface area contributed by atoms with Gasteiger partial charge in [0.2, 0.25) is 0 Å². The molecule has 126 valence electrons. The van der Waals surface area contributed by atoms with Crippen LogP contribution in [-0.2, 0) is 23.8 Å². The third-order valence-electron chi connectivity index (χ3n) is 2.80. The van der Waals surface area contributed by atoms with Crippen molar-refractivity contribution in [3.8, 4) is 0 Å². The maximum absolute atomic E-state index is 11.9.